The van der Waals surface area contributed by atoms with Gasteiger partial charge in [-0.2, -0.15) is 0 Å². The van der Waals surface area contributed by atoms with Crippen molar-refractivity contribution >= 4 is 13.8 Å². The van der Waals surface area contributed by atoms with Gasteiger partial charge in [0.05, 0.1) is 23.2 Å². The fourth-order valence-electron chi connectivity index (χ4n) is 5.92. The summed E-state index contributed by atoms with van der Waals surface area (Å²) >= 11 is 0. The van der Waals surface area contributed by atoms with Crippen molar-refractivity contribution < 1.29 is 42.0 Å². The quantitative estimate of drug-likeness (QED) is 0.254. The van der Waals surface area contributed by atoms with Gasteiger partial charge < -0.3 is 10.8 Å². The molecule has 0 bridgehead atoms. The number of hydrogen-bond acceptors (Lipinski definition) is 3. The summed E-state index contributed by atoms with van der Waals surface area (Å²) in [6, 6.07) is 18.5. The molecule has 247 valence electrons. The smallest absolute Gasteiger partial charge is 0.0936 e. The summed E-state index contributed by atoms with van der Waals surface area (Å²) in [7, 11) is -1.31. The first-order valence-electron chi connectivity index (χ1n) is 16.0. The summed E-state index contributed by atoms with van der Waals surface area (Å²) in [5, 5.41) is 10.3. The number of pyridine rings is 2. The van der Waals surface area contributed by atoms with Gasteiger partial charge in [0.1, 0.15) is 0 Å². The van der Waals surface area contributed by atoms with Gasteiger partial charge in [-0.1, -0.05) is 123 Å². The number of hydrogen-bond donors (Lipinski definition) is 1. The van der Waals surface area contributed by atoms with E-state index in [0.717, 1.165) is 69.5 Å². The number of aliphatic hydroxyl groups is 1. The van der Waals surface area contributed by atoms with Crippen LogP contribution in [-0.4, -0.2) is 23.1 Å². The van der Waals surface area contributed by atoms with Crippen LogP contribution in [0.25, 0.3) is 17.1 Å². The molecule has 1 radical (unpaired) electrons. The van der Waals surface area contributed by atoms with Crippen LogP contribution in [-0.2, 0) is 0 Å². The summed E-state index contributed by atoms with van der Waals surface area (Å²) in [4.78, 5) is 8.83. The monoisotopic (exact) mass is 763 g/mol. The Hall–Kier alpha value is -1.27. The second kappa shape index (κ2) is 18.0. The maximum atomic E-state index is 10.3. The molecule has 0 amide bonds. The molecule has 2 heterocycles. The summed E-state index contributed by atoms with van der Waals surface area (Å²) in [5.74, 6) is 5.58. The molecule has 0 spiro atoms. The van der Waals surface area contributed by atoms with Crippen LogP contribution in [0.5, 0.6) is 0 Å². The van der Waals surface area contributed by atoms with Crippen LogP contribution >= 0.6 is 0 Å². The third kappa shape index (κ3) is 11.9. The zero-order valence-corrected chi connectivity index (χ0v) is 31.4. The van der Waals surface area contributed by atoms with Crippen LogP contribution in [0.4, 0.5) is 5.69 Å². The maximum Gasteiger partial charge on any atom is 0.0936 e. The fraction of sp³-hybridized carbons (Fsp3) is 0.568. The number of nitrogens with one attached hydrogen (secondary N) is 1. The van der Waals surface area contributed by atoms with E-state index in [1.165, 1.54) is 0 Å². The number of aliphatic hydroxyl groups excluding tert-OH is 1. The summed E-state index contributed by atoms with van der Waals surface area (Å²) in [5.41, 5.74) is 13.4. The van der Waals surface area contributed by atoms with Crippen molar-refractivity contribution in [2.45, 2.75) is 106 Å². The molecule has 0 aliphatic heterocycles. The molecule has 0 saturated heterocycles. The zero-order chi connectivity index (χ0) is 31.8. The molecular formula is C37H58LuN3OSi-. The zero-order valence-electron chi connectivity index (χ0n) is 28.7. The molecule has 6 heteroatoms. The van der Waals surface area contributed by atoms with E-state index in [0.29, 0.717) is 11.8 Å². The van der Waals surface area contributed by atoms with Crippen LogP contribution in [0, 0.1) is 66.5 Å². The molecule has 1 unspecified atom stereocenters. The molecule has 4 rings (SSSR count). The minimum Gasteiger partial charge on any atom is -0.698 e. The molecule has 1 aliphatic carbocycles. The van der Waals surface area contributed by atoms with Crippen molar-refractivity contribution in [3.63, 3.8) is 0 Å². The number of benzene rings is 1. The predicted molar refractivity (Wildman–Crippen MR) is 185 cm³/mol. The molecule has 1 atom stereocenters. The van der Waals surface area contributed by atoms with Gasteiger partial charge in [-0.25, -0.2) is 4.98 Å². The standard InChI is InChI=1S/C15H20N2OSi.C12H18N.C10H20.Lu/c1-19(2,3)11-15(18)14-9-6-8-13(17-14)12-7-4-5-10-16-12;1-8(2)10-6-5-7-11(9(3)4)12(10)13;1-6-7(2)9(4)10(5)8(6)3;/h4-10,15,18H,11H2,1-3H3;5-9,13H,1-4H3;6-10H,1-5H3;/q;-1;;. The second-order valence-corrected chi connectivity index (χ2v) is 19.9. The van der Waals surface area contributed by atoms with Gasteiger partial charge >= 0.3 is 0 Å². The average Bonchev–Trinajstić information content (AvgIpc) is 3.10. The van der Waals surface area contributed by atoms with E-state index in [2.05, 4.69) is 110 Å². The molecule has 4 nitrogen and oxygen atoms in total. The van der Waals surface area contributed by atoms with E-state index >= 15 is 0 Å². The first-order chi connectivity index (χ1) is 19.5. The second-order valence-electron chi connectivity index (χ2n) is 14.4. The van der Waals surface area contributed by atoms with Crippen molar-refractivity contribution in [1.82, 2.24) is 9.97 Å². The van der Waals surface area contributed by atoms with Crippen LogP contribution in [0.2, 0.25) is 25.7 Å². The van der Waals surface area contributed by atoms with Gasteiger partial charge in [0.25, 0.3) is 0 Å². The van der Waals surface area contributed by atoms with Gasteiger partial charge in [-0.3, -0.25) is 4.98 Å². The Morgan fingerprint density at radius 2 is 1.14 bits per heavy atom. The number of nitrogens with zero attached hydrogens (tertiary/aromatic N) is 2. The minimum absolute atomic E-state index is 0. The van der Waals surface area contributed by atoms with Crippen molar-refractivity contribution in [1.29, 1.82) is 0 Å². The Bertz CT molecular complexity index is 1160. The summed E-state index contributed by atoms with van der Waals surface area (Å²) in [6.45, 7) is 27.3. The molecule has 2 aromatic heterocycles. The molecular weight excluding hydrogens is 705 g/mol. The third-order valence-corrected chi connectivity index (χ3v) is 11.0. The van der Waals surface area contributed by atoms with Crippen LogP contribution in [0.15, 0.2) is 60.8 Å². The van der Waals surface area contributed by atoms with Crippen molar-refractivity contribution in [2.24, 2.45) is 29.6 Å². The Morgan fingerprint density at radius 3 is 1.53 bits per heavy atom. The molecule has 1 fully saturated rings. The van der Waals surface area contributed by atoms with E-state index in [1.807, 2.05) is 36.4 Å². The Balaban J connectivity index is 0.000000337. The van der Waals surface area contributed by atoms with Crippen LogP contribution in [0.3, 0.4) is 0 Å². The third-order valence-electron chi connectivity index (χ3n) is 9.36. The van der Waals surface area contributed by atoms with Crippen molar-refractivity contribution in [2.75, 3.05) is 0 Å². The molecule has 2 N–H and O–H groups in total. The first-order valence-corrected chi connectivity index (χ1v) is 19.7. The largest absolute Gasteiger partial charge is 0.698 e. The van der Waals surface area contributed by atoms with Crippen LogP contribution < -0.4 is 0 Å². The van der Waals surface area contributed by atoms with E-state index < -0.39 is 14.2 Å². The summed E-state index contributed by atoms with van der Waals surface area (Å²) in [6.07, 6.45) is 1.28. The molecule has 43 heavy (non-hydrogen) atoms. The normalized spacial score (nSPS) is 22.2. The van der Waals surface area contributed by atoms with E-state index in [-0.39, 0.29) is 36.9 Å². The Morgan fingerprint density at radius 1 is 0.698 bits per heavy atom. The van der Waals surface area contributed by atoms with E-state index in [1.54, 1.807) is 6.20 Å². The minimum atomic E-state index is -1.31. The van der Waals surface area contributed by atoms with E-state index in [9.17, 15) is 5.11 Å². The number of rotatable bonds is 6. The van der Waals surface area contributed by atoms with Gasteiger partial charge in [0.15, 0.2) is 0 Å². The topological polar surface area (TPSA) is 69.8 Å². The fourth-order valence-corrected chi connectivity index (χ4v) is 7.29. The molecule has 1 aromatic carbocycles. The molecule has 1 aliphatic rings. The predicted octanol–water partition coefficient (Wildman–Crippen LogP) is 11.3. The Labute approximate surface area is 293 Å². The molecule has 1 saturated carbocycles. The first kappa shape index (κ1) is 39.8. The van der Waals surface area contributed by atoms with Crippen molar-refractivity contribution in [3.05, 3.63) is 83.3 Å². The van der Waals surface area contributed by atoms with E-state index in [4.69, 9.17) is 5.73 Å². The summed E-state index contributed by atoms with van der Waals surface area (Å²) < 4.78 is 0. The number of aromatic nitrogens is 2. The Kier molecular flexibility index (Phi) is 16.7. The van der Waals surface area contributed by atoms with Gasteiger partial charge in [-0.15, -0.1) is 5.69 Å². The van der Waals surface area contributed by atoms with Gasteiger partial charge in [0.2, 0.25) is 0 Å². The SMILES string of the molecule is CC(C)c1cccc(C(C)C)c1[NH-].CC1C(C)C(C)C(C)C1C.C[Si](C)(C)CC(O)c1cccc(-c2ccccn2)n1.[Lu]. The van der Waals surface area contributed by atoms with Gasteiger partial charge in [0, 0.05) is 51.1 Å². The average molecular weight is 764 g/mol. The maximum absolute atomic E-state index is 10.3. The van der Waals surface area contributed by atoms with Gasteiger partial charge in [-0.05, 0) is 71.7 Å². The van der Waals surface area contributed by atoms with Crippen LogP contribution in [0.1, 0.15) is 97.1 Å². The van der Waals surface area contributed by atoms with Crippen molar-refractivity contribution in [3.8, 4) is 11.4 Å². The molecule has 3 aromatic rings.